The van der Waals surface area contributed by atoms with Gasteiger partial charge in [0.1, 0.15) is 5.69 Å². The Morgan fingerprint density at radius 1 is 1.69 bits per heavy atom. The first-order chi connectivity index (χ1) is 6.02. The van der Waals surface area contributed by atoms with Crippen molar-refractivity contribution in [3.05, 3.63) is 33.6 Å². The third-order valence-electron chi connectivity index (χ3n) is 1.50. The Labute approximate surface area is 73.0 Å². The second-order valence-electron chi connectivity index (χ2n) is 2.39. The van der Waals surface area contributed by atoms with E-state index in [1.165, 1.54) is 6.92 Å². The maximum absolute atomic E-state index is 10.4. The molecular weight excluding hydrogens is 176 g/mol. The molecule has 0 aliphatic rings. The molecule has 0 saturated heterocycles. The number of pyridine rings is 1. The molecule has 6 nitrogen and oxygen atoms in total. The molecule has 0 saturated carbocycles. The number of aryl methyl sites for hydroxylation is 1. The summed E-state index contributed by atoms with van der Waals surface area (Å²) < 4.78 is 0. The number of hydrogen-bond acceptors (Lipinski definition) is 4. The summed E-state index contributed by atoms with van der Waals surface area (Å²) in [6.07, 6.45) is 1.09. The number of aromatic nitrogens is 1. The van der Waals surface area contributed by atoms with Crippen LogP contribution in [0.4, 0.5) is 5.69 Å². The van der Waals surface area contributed by atoms with Gasteiger partial charge in [-0.25, -0.2) is 4.79 Å². The molecule has 6 heteroatoms. The number of rotatable bonds is 2. The number of carbonyl (C=O) groups is 1. The summed E-state index contributed by atoms with van der Waals surface area (Å²) in [7, 11) is 0. The predicted octanol–water partition coefficient (Wildman–Crippen LogP) is 0.996. The van der Waals surface area contributed by atoms with Crippen molar-refractivity contribution in [3.63, 3.8) is 0 Å². The number of nitrogens with zero attached hydrogens (tertiary/aromatic N) is 2. The lowest BCUT2D eigenvalue weighted by atomic mass is 10.2. The van der Waals surface area contributed by atoms with Gasteiger partial charge in [0.25, 0.3) is 5.69 Å². The van der Waals surface area contributed by atoms with Crippen molar-refractivity contribution in [2.45, 2.75) is 6.92 Å². The average Bonchev–Trinajstić information content (AvgIpc) is 2.04. The molecule has 1 rings (SSSR count). The van der Waals surface area contributed by atoms with Crippen LogP contribution in [0.2, 0.25) is 0 Å². The SMILES string of the molecule is Cc1ncc(C(=O)O)cc1[N+](=O)[O-]. The molecule has 1 N–H and O–H groups in total. The predicted molar refractivity (Wildman–Crippen MR) is 42.6 cm³/mol. The zero-order valence-electron chi connectivity index (χ0n) is 6.72. The van der Waals surface area contributed by atoms with Gasteiger partial charge in [0.2, 0.25) is 0 Å². The quantitative estimate of drug-likeness (QED) is 0.543. The van der Waals surface area contributed by atoms with Crippen LogP contribution in [-0.2, 0) is 0 Å². The standard InChI is InChI=1S/C7H6N2O4/c1-4-6(9(12)13)2-5(3-8-4)7(10)11/h2-3H,1H3,(H,10,11). The van der Waals surface area contributed by atoms with Gasteiger partial charge in [-0.3, -0.25) is 15.1 Å². The highest BCUT2D eigenvalue weighted by Crippen LogP contribution is 2.16. The van der Waals surface area contributed by atoms with E-state index in [-0.39, 0.29) is 16.9 Å². The first-order valence-electron chi connectivity index (χ1n) is 3.36. The Morgan fingerprint density at radius 2 is 2.31 bits per heavy atom. The van der Waals surface area contributed by atoms with E-state index in [0.717, 1.165) is 12.3 Å². The molecule has 1 heterocycles. The smallest absolute Gasteiger partial charge is 0.337 e. The van der Waals surface area contributed by atoms with E-state index in [1.54, 1.807) is 0 Å². The van der Waals surface area contributed by atoms with Crippen molar-refractivity contribution < 1.29 is 14.8 Å². The number of carboxylic acids is 1. The minimum atomic E-state index is -1.23. The molecule has 0 radical (unpaired) electrons. The Balaban J connectivity index is 3.27. The third kappa shape index (κ3) is 1.78. The molecule has 0 aromatic carbocycles. The van der Waals surface area contributed by atoms with E-state index in [0.29, 0.717) is 0 Å². The van der Waals surface area contributed by atoms with E-state index >= 15 is 0 Å². The van der Waals surface area contributed by atoms with Crippen LogP contribution in [0.15, 0.2) is 12.3 Å². The Kier molecular flexibility index (Phi) is 2.23. The van der Waals surface area contributed by atoms with Gasteiger partial charge >= 0.3 is 5.97 Å². The Morgan fingerprint density at radius 3 is 2.77 bits per heavy atom. The summed E-state index contributed by atoms with van der Waals surface area (Å²) in [5.41, 5.74) is -0.257. The lowest BCUT2D eigenvalue weighted by Gasteiger charge is -1.96. The van der Waals surface area contributed by atoms with Crippen LogP contribution in [-0.4, -0.2) is 21.0 Å². The van der Waals surface area contributed by atoms with Gasteiger partial charge in [0.15, 0.2) is 0 Å². The topological polar surface area (TPSA) is 93.3 Å². The normalized spacial score (nSPS) is 9.62. The van der Waals surface area contributed by atoms with E-state index in [9.17, 15) is 14.9 Å². The fourth-order valence-corrected chi connectivity index (χ4v) is 0.823. The highest BCUT2D eigenvalue weighted by Gasteiger charge is 2.15. The summed E-state index contributed by atoms with van der Waals surface area (Å²) in [5, 5.41) is 18.9. The van der Waals surface area contributed by atoms with Crippen LogP contribution < -0.4 is 0 Å². The molecule has 68 valence electrons. The third-order valence-corrected chi connectivity index (χ3v) is 1.50. The highest BCUT2D eigenvalue weighted by atomic mass is 16.6. The van der Waals surface area contributed by atoms with Crippen LogP contribution in [0.25, 0.3) is 0 Å². The molecule has 13 heavy (non-hydrogen) atoms. The second-order valence-corrected chi connectivity index (χ2v) is 2.39. The van der Waals surface area contributed by atoms with E-state index in [2.05, 4.69) is 4.98 Å². The fourth-order valence-electron chi connectivity index (χ4n) is 0.823. The van der Waals surface area contributed by atoms with Crippen molar-refractivity contribution >= 4 is 11.7 Å². The van der Waals surface area contributed by atoms with Crippen molar-refractivity contribution in [2.75, 3.05) is 0 Å². The van der Waals surface area contributed by atoms with Crippen LogP contribution in [0, 0.1) is 17.0 Å². The lowest BCUT2D eigenvalue weighted by Crippen LogP contribution is -2.01. The minimum absolute atomic E-state index is 0.183. The van der Waals surface area contributed by atoms with Crippen LogP contribution in [0.1, 0.15) is 16.1 Å². The first-order valence-corrected chi connectivity index (χ1v) is 3.36. The van der Waals surface area contributed by atoms with Gasteiger partial charge in [-0.1, -0.05) is 0 Å². The minimum Gasteiger partial charge on any atom is -0.478 e. The molecule has 1 aromatic rings. The molecule has 0 spiro atoms. The molecule has 1 aromatic heterocycles. The second kappa shape index (κ2) is 3.18. The van der Waals surface area contributed by atoms with Crippen molar-refractivity contribution in [1.82, 2.24) is 4.98 Å². The molecule has 0 aliphatic heterocycles. The Bertz CT molecular complexity index is 375. The molecule has 0 fully saturated rings. The summed E-state index contributed by atoms with van der Waals surface area (Å²) in [6.45, 7) is 1.45. The number of nitro groups is 1. The molecule has 0 aliphatic carbocycles. The number of aromatic carboxylic acids is 1. The van der Waals surface area contributed by atoms with Crippen molar-refractivity contribution in [3.8, 4) is 0 Å². The van der Waals surface area contributed by atoms with Gasteiger partial charge < -0.3 is 5.11 Å². The summed E-state index contributed by atoms with van der Waals surface area (Å²) in [4.78, 5) is 23.7. The zero-order chi connectivity index (χ0) is 10.0. The van der Waals surface area contributed by atoms with Gasteiger partial charge in [0, 0.05) is 12.3 Å². The average molecular weight is 182 g/mol. The summed E-state index contributed by atoms with van der Waals surface area (Å²) >= 11 is 0. The first kappa shape index (κ1) is 9.11. The van der Waals surface area contributed by atoms with E-state index in [1.807, 2.05) is 0 Å². The summed E-state index contributed by atoms with van der Waals surface area (Å²) in [6, 6.07) is 0.991. The maximum atomic E-state index is 10.4. The van der Waals surface area contributed by atoms with Gasteiger partial charge in [-0.15, -0.1) is 0 Å². The molecule has 0 bridgehead atoms. The molecular formula is C7H6N2O4. The lowest BCUT2D eigenvalue weighted by molar-refractivity contribution is -0.385. The van der Waals surface area contributed by atoms with Crippen LogP contribution >= 0.6 is 0 Å². The largest absolute Gasteiger partial charge is 0.478 e. The molecule has 0 atom stereocenters. The van der Waals surface area contributed by atoms with Crippen molar-refractivity contribution in [2.24, 2.45) is 0 Å². The van der Waals surface area contributed by atoms with Gasteiger partial charge in [-0.05, 0) is 6.92 Å². The maximum Gasteiger partial charge on any atom is 0.337 e. The highest BCUT2D eigenvalue weighted by molar-refractivity contribution is 5.88. The zero-order valence-corrected chi connectivity index (χ0v) is 6.72. The van der Waals surface area contributed by atoms with Gasteiger partial charge in [-0.2, -0.15) is 0 Å². The Hall–Kier alpha value is -1.98. The molecule has 0 unspecified atom stereocenters. The number of carboxylic acid groups (broad SMARTS) is 1. The summed E-state index contributed by atoms with van der Waals surface area (Å²) in [5.74, 6) is -1.23. The van der Waals surface area contributed by atoms with E-state index in [4.69, 9.17) is 5.11 Å². The van der Waals surface area contributed by atoms with Crippen LogP contribution in [0.5, 0.6) is 0 Å². The molecule has 0 amide bonds. The van der Waals surface area contributed by atoms with Crippen LogP contribution in [0.3, 0.4) is 0 Å². The fraction of sp³-hybridized carbons (Fsp3) is 0.143. The van der Waals surface area contributed by atoms with Gasteiger partial charge in [0.05, 0.1) is 10.5 Å². The number of hydrogen-bond donors (Lipinski definition) is 1. The monoisotopic (exact) mass is 182 g/mol. The van der Waals surface area contributed by atoms with Crippen molar-refractivity contribution in [1.29, 1.82) is 0 Å². The van der Waals surface area contributed by atoms with E-state index < -0.39 is 10.9 Å².